The predicted octanol–water partition coefficient (Wildman–Crippen LogP) is 3.42. The van der Waals surface area contributed by atoms with E-state index < -0.39 is 0 Å². The molecule has 2 N–H and O–H groups in total. The normalized spacial score (nSPS) is 10.7. The summed E-state index contributed by atoms with van der Waals surface area (Å²) in [6.07, 6.45) is 1.63. The number of phenols is 1. The number of ether oxygens (including phenoxy) is 3. The zero-order valence-electron chi connectivity index (χ0n) is 14.9. The van der Waals surface area contributed by atoms with Gasteiger partial charge in [-0.3, -0.25) is 0 Å². The molecule has 136 valence electrons. The lowest BCUT2D eigenvalue weighted by molar-refractivity contribution is 0.144. The van der Waals surface area contributed by atoms with Crippen LogP contribution in [0.1, 0.15) is 5.56 Å². The van der Waals surface area contributed by atoms with Crippen LogP contribution in [0.25, 0.3) is 10.9 Å². The molecule has 0 saturated carbocycles. The maximum Gasteiger partial charge on any atom is 0.163 e. The summed E-state index contributed by atoms with van der Waals surface area (Å²) in [5.41, 5.74) is 2.98. The van der Waals surface area contributed by atoms with Crippen molar-refractivity contribution in [2.75, 3.05) is 32.8 Å². The fourth-order valence-electron chi connectivity index (χ4n) is 2.52. The number of aryl methyl sites for hydroxylation is 1. The predicted molar refractivity (Wildman–Crippen MR) is 99.6 cm³/mol. The number of hydrogen-bond donors (Lipinski definition) is 2. The van der Waals surface area contributed by atoms with Crippen LogP contribution < -0.4 is 14.8 Å². The Hall–Kier alpha value is -3.06. The average molecular weight is 355 g/mol. The number of phenolic OH excluding ortho intramolecular Hbond substituents is 1. The number of nitrogens with one attached hydrogen (secondary N) is 1. The van der Waals surface area contributed by atoms with Gasteiger partial charge in [-0.2, -0.15) is 10.2 Å². The highest BCUT2D eigenvalue weighted by Crippen LogP contribution is 2.35. The van der Waals surface area contributed by atoms with Gasteiger partial charge in [-0.15, -0.1) is 0 Å². The Morgan fingerprint density at radius 3 is 2.65 bits per heavy atom. The molecule has 7 heteroatoms. The molecule has 1 heterocycles. The number of benzene rings is 2. The Kier molecular flexibility index (Phi) is 5.38. The van der Waals surface area contributed by atoms with Crippen LogP contribution in [0.3, 0.4) is 0 Å². The van der Waals surface area contributed by atoms with E-state index in [-0.39, 0.29) is 5.75 Å². The fraction of sp³-hybridized carbons (Fsp3) is 0.263. The second-order valence-corrected chi connectivity index (χ2v) is 5.75. The molecule has 26 heavy (non-hydrogen) atoms. The first kappa shape index (κ1) is 17.8. The molecule has 0 amide bonds. The molecule has 0 atom stereocenters. The number of aromatic hydroxyl groups is 1. The first-order valence-electron chi connectivity index (χ1n) is 8.14. The van der Waals surface area contributed by atoms with E-state index in [4.69, 9.17) is 14.2 Å². The third kappa shape index (κ3) is 3.78. The van der Waals surface area contributed by atoms with Crippen LogP contribution in [0.2, 0.25) is 0 Å². The van der Waals surface area contributed by atoms with E-state index in [2.05, 4.69) is 15.5 Å². The van der Waals surface area contributed by atoms with Gasteiger partial charge in [0.2, 0.25) is 0 Å². The highest BCUT2D eigenvalue weighted by Gasteiger charge is 2.12. The monoisotopic (exact) mass is 355 g/mol. The molecule has 0 fully saturated rings. The van der Waals surface area contributed by atoms with Gasteiger partial charge in [-0.05, 0) is 24.6 Å². The highest BCUT2D eigenvalue weighted by atomic mass is 16.5. The molecule has 0 radical (unpaired) electrons. The Morgan fingerprint density at radius 2 is 1.92 bits per heavy atom. The first-order valence-corrected chi connectivity index (χ1v) is 8.14. The largest absolute Gasteiger partial charge is 0.508 e. The number of anilines is 2. The molecule has 0 unspecified atom stereocenters. The van der Waals surface area contributed by atoms with Crippen molar-refractivity contribution in [3.63, 3.8) is 0 Å². The van der Waals surface area contributed by atoms with Crippen molar-refractivity contribution < 1.29 is 19.3 Å². The molecule has 3 rings (SSSR count). The van der Waals surface area contributed by atoms with Gasteiger partial charge in [-0.25, -0.2) is 0 Å². The van der Waals surface area contributed by atoms with Gasteiger partial charge in [0, 0.05) is 30.3 Å². The Labute approximate surface area is 151 Å². The Bertz CT molecular complexity index is 915. The fourth-order valence-corrected chi connectivity index (χ4v) is 2.52. The van der Waals surface area contributed by atoms with Crippen molar-refractivity contribution >= 4 is 22.3 Å². The molecular formula is C19H21N3O4. The summed E-state index contributed by atoms with van der Waals surface area (Å²) >= 11 is 0. The van der Waals surface area contributed by atoms with E-state index in [0.717, 1.165) is 22.3 Å². The van der Waals surface area contributed by atoms with E-state index in [1.807, 2.05) is 25.1 Å². The number of aromatic nitrogens is 2. The maximum absolute atomic E-state index is 9.90. The SMILES string of the molecule is COCCOc1cc2nncc(Nc3ccc(C)c(O)c3)c2cc1OC. The van der Waals surface area contributed by atoms with Gasteiger partial charge in [-0.1, -0.05) is 6.07 Å². The molecule has 3 aromatic rings. The van der Waals surface area contributed by atoms with Gasteiger partial charge >= 0.3 is 0 Å². The van der Waals surface area contributed by atoms with Crippen molar-refractivity contribution in [2.24, 2.45) is 0 Å². The third-order valence-electron chi connectivity index (χ3n) is 3.96. The lowest BCUT2D eigenvalue weighted by atomic mass is 10.1. The van der Waals surface area contributed by atoms with Crippen LogP contribution in [-0.4, -0.2) is 42.7 Å². The van der Waals surface area contributed by atoms with Crippen LogP contribution in [-0.2, 0) is 4.74 Å². The molecule has 1 aromatic heterocycles. The summed E-state index contributed by atoms with van der Waals surface area (Å²) in [5, 5.41) is 22.2. The van der Waals surface area contributed by atoms with Crippen molar-refractivity contribution in [2.45, 2.75) is 6.92 Å². The molecule has 0 aliphatic carbocycles. The number of fused-ring (bicyclic) bond motifs is 1. The zero-order chi connectivity index (χ0) is 18.5. The quantitative estimate of drug-likeness (QED) is 0.628. The van der Waals surface area contributed by atoms with Crippen LogP contribution in [0.5, 0.6) is 17.2 Å². The Morgan fingerprint density at radius 1 is 1.08 bits per heavy atom. The molecule has 0 aliphatic heterocycles. The smallest absolute Gasteiger partial charge is 0.163 e. The topological polar surface area (TPSA) is 85.7 Å². The molecule has 2 aromatic carbocycles. The zero-order valence-corrected chi connectivity index (χ0v) is 14.9. The van der Waals surface area contributed by atoms with Crippen LogP contribution in [0.15, 0.2) is 36.5 Å². The van der Waals surface area contributed by atoms with Gasteiger partial charge in [0.25, 0.3) is 0 Å². The summed E-state index contributed by atoms with van der Waals surface area (Å²) in [6.45, 7) is 2.73. The van der Waals surface area contributed by atoms with Gasteiger partial charge < -0.3 is 24.6 Å². The average Bonchev–Trinajstić information content (AvgIpc) is 2.64. The second-order valence-electron chi connectivity index (χ2n) is 5.75. The summed E-state index contributed by atoms with van der Waals surface area (Å²) < 4.78 is 16.1. The van der Waals surface area contributed by atoms with Crippen LogP contribution in [0, 0.1) is 6.92 Å². The minimum Gasteiger partial charge on any atom is -0.508 e. The van der Waals surface area contributed by atoms with Crippen molar-refractivity contribution in [1.82, 2.24) is 10.2 Å². The molecule has 0 aliphatic rings. The summed E-state index contributed by atoms with van der Waals surface area (Å²) in [5.74, 6) is 1.40. The van der Waals surface area contributed by atoms with Gasteiger partial charge in [0.05, 0.1) is 31.1 Å². The second kappa shape index (κ2) is 7.88. The van der Waals surface area contributed by atoms with Gasteiger partial charge in [0.1, 0.15) is 12.4 Å². The standard InChI is InChI=1S/C19H21N3O4/c1-12-4-5-13(8-17(12)23)21-16-11-20-22-15-10-19(26-7-6-24-2)18(25-3)9-14(15)16/h4-5,8-11,23H,6-7H2,1-3H3,(H,21,22). The van der Waals surface area contributed by atoms with E-state index in [1.165, 1.54) is 0 Å². The number of rotatable bonds is 7. The van der Waals surface area contributed by atoms with Crippen molar-refractivity contribution in [3.8, 4) is 17.2 Å². The van der Waals surface area contributed by atoms with Gasteiger partial charge in [0.15, 0.2) is 11.5 Å². The number of methoxy groups -OCH3 is 2. The van der Waals surface area contributed by atoms with E-state index in [0.29, 0.717) is 30.2 Å². The molecule has 0 spiro atoms. The third-order valence-corrected chi connectivity index (χ3v) is 3.96. The minimum atomic E-state index is 0.229. The van der Waals surface area contributed by atoms with Crippen LogP contribution >= 0.6 is 0 Å². The van der Waals surface area contributed by atoms with Crippen molar-refractivity contribution in [1.29, 1.82) is 0 Å². The molecule has 7 nitrogen and oxygen atoms in total. The lowest BCUT2D eigenvalue weighted by Crippen LogP contribution is -2.05. The summed E-state index contributed by atoms with van der Waals surface area (Å²) in [7, 11) is 3.21. The molecular weight excluding hydrogens is 334 g/mol. The summed E-state index contributed by atoms with van der Waals surface area (Å²) in [4.78, 5) is 0. The molecule has 0 bridgehead atoms. The maximum atomic E-state index is 9.90. The number of nitrogens with zero attached hydrogens (tertiary/aromatic N) is 2. The van der Waals surface area contributed by atoms with E-state index in [1.54, 1.807) is 32.5 Å². The van der Waals surface area contributed by atoms with Crippen molar-refractivity contribution in [3.05, 3.63) is 42.1 Å². The van der Waals surface area contributed by atoms with Crippen LogP contribution in [0.4, 0.5) is 11.4 Å². The lowest BCUT2D eigenvalue weighted by Gasteiger charge is -2.14. The molecule has 0 saturated heterocycles. The first-order chi connectivity index (χ1) is 12.6. The highest BCUT2D eigenvalue weighted by molar-refractivity contribution is 5.94. The van der Waals surface area contributed by atoms with E-state index in [9.17, 15) is 5.11 Å². The Balaban J connectivity index is 1.97. The summed E-state index contributed by atoms with van der Waals surface area (Å²) in [6, 6.07) is 9.04. The van der Waals surface area contributed by atoms with E-state index >= 15 is 0 Å². The number of hydrogen-bond acceptors (Lipinski definition) is 7. The minimum absolute atomic E-state index is 0.229.